The van der Waals surface area contributed by atoms with Crippen molar-refractivity contribution in [3.8, 4) is 0 Å². The number of amides is 1. The number of carbonyl (C=O) groups is 1. The Labute approximate surface area is 117 Å². The van der Waals surface area contributed by atoms with Crippen LogP contribution in [0.5, 0.6) is 0 Å². The van der Waals surface area contributed by atoms with Crippen molar-refractivity contribution in [3.05, 3.63) is 39.4 Å². The summed E-state index contributed by atoms with van der Waals surface area (Å²) < 4.78 is 0. The number of aryl methyl sites for hydroxylation is 1. The molecule has 2 rings (SSSR count). The molecule has 0 spiro atoms. The summed E-state index contributed by atoms with van der Waals surface area (Å²) in [5, 5.41) is 13.8. The number of likely N-dealkylation sites (N-methyl/N-ethyl adjacent to an activating group) is 1. The molecule has 1 fully saturated rings. The van der Waals surface area contributed by atoms with Gasteiger partial charge in [-0.15, -0.1) is 0 Å². The van der Waals surface area contributed by atoms with Gasteiger partial charge in [-0.05, 0) is 38.4 Å². The summed E-state index contributed by atoms with van der Waals surface area (Å²) in [6.07, 6.45) is 2.00. The van der Waals surface area contributed by atoms with Crippen molar-refractivity contribution in [2.45, 2.75) is 25.8 Å². The number of nitro benzene ring substituents is 1. The largest absolute Gasteiger partial charge is 0.334 e. The van der Waals surface area contributed by atoms with Crippen molar-refractivity contribution in [3.63, 3.8) is 0 Å². The van der Waals surface area contributed by atoms with E-state index in [0.717, 1.165) is 25.9 Å². The van der Waals surface area contributed by atoms with E-state index in [1.807, 2.05) is 11.9 Å². The summed E-state index contributed by atoms with van der Waals surface area (Å²) in [6, 6.07) is 4.62. The van der Waals surface area contributed by atoms with Crippen molar-refractivity contribution in [2.75, 3.05) is 20.1 Å². The van der Waals surface area contributed by atoms with Crippen LogP contribution in [-0.4, -0.2) is 41.9 Å². The molecule has 1 unspecified atom stereocenters. The molecule has 1 aliphatic rings. The maximum absolute atomic E-state index is 12.6. The van der Waals surface area contributed by atoms with Gasteiger partial charge in [0, 0.05) is 36.8 Å². The smallest absolute Gasteiger partial charge is 0.269 e. The van der Waals surface area contributed by atoms with E-state index in [0.29, 0.717) is 11.1 Å². The van der Waals surface area contributed by atoms with Gasteiger partial charge in [-0.2, -0.15) is 0 Å². The number of rotatable bonds is 4. The van der Waals surface area contributed by atoms with Gasteiger partial charge >= 0.3 is 0 Å². The van der Waals surface area contributed by atoms with Gasteiger partial charge in [0.1, 0.15) is 0 Å². The minimum atomic E-state index is -0.444. The molecule has 0 aromatic heterocycles. The fraction of sp³-hybridized carbons (Fsp3) is 0.500. The molecule has 1 aromatic rings. The predicted molar refractivity (Wildman–Crippen MR) is 75.8 cm³/mol. The van der Waals surface area contributed by atoms with Crippen LogP contribution in [0.1, 0.15) is 28.8 Å². The monoisotopic (exact) mass is 277 g/mol. The molecule has 108 valence electrons. The summed E-state index contributed by atoms with van der Waals surface area (Å²) in [7, 11) is 1.87. The SMILES string of the molecule is CNCC1CCCN1C(=O)c1ccc([N+](=O)[O-])cc1C. The maximum atomic E-state index is 12.6. The van der Waals surface area contributed by atoms with Gasteiger partial charge in [0.15, 0.2) is 0 Å². The topological polar surface area (TPSA) is 75.5 Å². The van der Waals surface area contributed by atoms with E-state index >= 15 is 0 Å². The highest BCUT2D eigenvalue weighted by Crippen LogP contribution is 2.23. The Hall–Kier alpha value is -1.95. The van der Waals surface area contributed by atoms with Gasteiger partial charge in [-0.25, -0.2) is 0 Å². The maximum Gasteiger partial charge on any atom is 0.269 e. The first kappa shape index (κ1) is 14.5. The van der Waals surface area contributed by atoms with Crippen LogP contribution in [-0.2, 0) is 0 Å². The number of nitrogens with zero attached hydrogens (tertiary/aromatic N) is 2. The first-order chi connectivity index (χ1) is 9.54. The Morgan fingerprint density at radius 3 is 2.90 bits per heavy atom. The zero-order valence-corrected chi connectivity index (χ0v) is 11.8. The van der Waals surface area contributed by atoms with Crippen LogP contribution in [0.4, 0.5) is 5.69 Å². The molecular weight excluding hydrogens is 258 g/mol. The van der Waals surface area contributed by atoms with Crippen molar-refractivity contribution >= 4 is 11.6 Å². The third kappa shape index (κ3) is 2.80. The lowest BCUT2D eigenvalue weighted by atomic mass is 10.1. The lowest BCUT2D eigenvalue weighted by molar-refractivity contribution is -0.384. The Morgan fingerprint density at radius 2 is 2.30 bits per heavy atom. The van der Waals surface area contributed by atoms with Gasteiger partial charge in [0.05, 0.1) is 4.92 Å². The molecule has 1 heterocycles. The van der Waals surface area contributed by atoms with E-state index in [4.69, 9.17) is 0 Å². The second kappa shape index (κ2) is 6.00. The van der Waals surface area contributed by atoms with Crippen LogP contribution < -0.4 is 5.32 Å². The van der Waals surface area contributed by atoms with Crippen LogP contribution in [0.2, 0.25) is 0 Å². The van der Waals surface area contributed by atoms with Crippen LogP contribution >= 0.6 is 0 Å². The summed E-state index contributed by atoms with van der Waals surface area (Å²) in [5.74, 6) is -0.0323. The van der Waals surface area contributed by atoms with Crippen molar-refractivity contribution in [2.24, 2.45) is 0 Å². The molecule has 0 aliphatic carbocycles. The van der Waals surface area contributed by atoms with E-state index in [1.54, 1.807) is 13.0 Å². The number of non-ortho nitro benzene ring substituents is 1. The Kier molecular flexibility index (Phi) is 4.34. The first-order valence-corrected chi connectivity index (χ1v) is 6.75. The molecule has 1 aliphatic heterocycles. The fourth-order valence-electron chi connectivity index (χ4n) is 2.71. The molecular formula is C14H19N3O3. The summed E-state index contributed by atoms with van der Waals surface area (Å²) in [5.41, 5.74) is 1.23. The quantitative estimate of drug-likeness (QED) is 0.671. The van der Waals surface area contributed by atoms with Gasteiger partial charge < -0.3 is 10.2 Å². The third-order valence-electron chi connectivity index (χ3n) is 3.73. The lowest BCUT2D eigenvalue weighted by Crippen LogP contribution is -2.41. The Bertz CT molecular complexity index is 530. The fourth-order valence-corrected chi connectivity index (χ4v) is 2.71. The average Bonchev–Trinajstić information content (AvgIpc) is 2.86. The van der Waals surface area contributed by atoms with E-state index in [1.165, 1.54) is 12.1 Å². The summed E-state index contributed by atoms with van der Waals surface area (Å²) in [4.78, 5) is 24.7. The van der Waals surface area contributed by atoms with Crippen molar-refractivity contribution in [1.29, 1.82) is 0 Å². The number of hydrogen-bond acceptors (Lipinski definition) is 4. The highest BCUT2D eigenvalue weighted by Gasteiger charge is 2.29. The van der Waals surface area contributed by atoms with Gasteiger partial charge in [-0.1, -0.05) is 0 Å². The molecule has 0 bridgehead atoms. The number of carbonyl (C=O) groups excluding carboxylic acids is 1. The molecule has 1 aromatic carbocycles. The second-order valence-corrected chi connectivity index (χ2v) is 5.11. The highest BCUT2D eigenvalue weighted by molar-refractivity contribution is 5.96. The van der Waals surface area contributed by atoms with Crippen LogP contribution in [0.3, 0.4) is 0 Å². The standard InChI is InChI=1S/C14H19N3O3/c1-10-8-11(17(19)20)5-6-13(10)14(18)16-7-3-4-12(16)9-15-2/h5-6,8,12,15H,3-4,7,9H2,1-2H3. The molecule has 1 amide bonds. The average molecular weight is 277 g/mol. The van der Waals surface area contributed by atoms with E-state index in [-0.39, 0.29) is 17.6 Å². The molecule has 6 nitrogen and oxygen atoms in total. The van der Waals surface area contributed by atoms with E-state index < -0.39 is 4.92 Å². The first-order valence-electron chi connectivity index (χ1n) is 6.75. The number of likely N-dealkylation sites (tertiary alicyclic amines) is 1. The van der Waals surface area contributed by atoms with Gasteiger partial charge in [-0.3, -0.25) is 14.9 Å². The van der Waals surface area contributed by atoms with E-state index in [9.17, 15) is 14.9 Å². The molecule has 1 N–H and O–H groups in total. The molecule has 20 heavy (non-hydrogen) atoms. The third-order valence-corrected chi connectivity index (χ3v) is 3.73. The highest BCUT2D eigenvalue weighted by atomic mass is 16.6. The van der Waals surface area contributed by atoms with Gasteiger partial charge in [0.25, 0.3) is 11.6 Å². The normalized spacial score (nSPS) is 18.3. The zero-order valence-electron chi connectivity index (χ0n) is 11.8. The number of nitro groups is 1. The lowest BCUT2D eigenvalue weighted by Gasteiger charge is -2.25. The Balaban J connectivity index is 2.22. The minimum absolute atomic E-state index is 0.0206. The number of nitrogens with one attached hydrogen (secondary N) is 1. The van der Waals surface area contributed by atoms with Crippen LogP contribution in [0, 0.1) is 17.0 Å². The second-order valence-electron chi connectivity index (χ2n) is 5.11. The minimum Gasteiger partial charge on any atom is -0.334 e. The van der Waals surface area contributed by atoms with Gasteiger partial charge in [0.2, 0.25) is 0 Å². The van der Waals surface area contributed by atoms with Crippen LogP contribution in [0.15, 0.2) is 18.2 Å². The molecule has 1 atom stereocenters. The molecule has 0 radical (unpaired) electrons. The van der Waals surface area contributed by atoms with E-state index in [2.05, 4.69) is 5.32 Å². The molecule has 6 heteroatoms. The predicted octanol–water partition coefficient (Wildman–Crippen LogP) is 1.73. The Morgan fingerprint density at radius 1 is 1.55 bits per heavy atom. The van der Waals surface area contributed by atoms with Crippen molar-refractivity contribution < 1.29 is 9.72 Å². The van der Waals surface area contributed by atoms with Crippen LogP contribution in [0.25, 0.3) is 0 Å². The molecule has 0 saturated carbocycles. The summed E-state index contributed by atoms with van der Waals surface area (Å²) >= 11 is 0. The van der Waals surface area contributed by atoms with Crippen molar-refractivity contribution in [1.82, 2.24) is 10.2 Å². The number of benzene rings is 1. The number of hydrogen-bond donors (Lipinski definition) is 1. The summed E-state index contributed by atoms with van der Waals surface area (Å²) in [6.45, 7) is 3.27. The zero-order chi connectivity index (χ0) is 14.7. The molecule has 1 saturated heterocycles.